The normalized spacial score (nSPS) is 22.5. The molecule has 2 rings (SSSR count). The fraction of sp³-hybridized carbons (Fsp3) is 0.500. The van der Waals surface area contributed by atoms with E-state index in [-0.39, 0.29) is 13.0 Å². The summed E-state index contributed by atoms with van der Waals surface area (Å²) < 4.78 is 52.6. The van der Waals surface area contributed by atoms with Crippen LogP contribution in [-0.4, -0.2) is 41.1 Å². The van der Waals surface area contributed by atoms with Crippen molar-refractivity contribution in [1.29, 1.82) is 0 Å². The zero-order valence-corrected chi connectivity index (χ0v) is 12.9. The van der Waals surface area contributed by atoms with Crippen molar-refractivity contribution in [2.45, 2.75) is 25.9 Å². The highest BCUT2D eigenvalue weighted by Crippen LogP contribution is 2.46. The van der Waals surface area contributed by atoms with Gasteiger partial charge in [-0.1, -0.05) is 19.1 Å². The number of rotatable bonds is 4. The molecular weight excluding hydrogens is 330 g/mol. The molecule has 1 aromatic carbocycles. The number of carbonyl (C=O) groups excluding carboxylic acids is 1. The molecule has 0 bridgehead atoms. The van der Waals surface area contributed by atoms with E-state index in [1.54, 1.807) is 6.07 Å². The smallest absolute Gasteiger partial charge is 0.406 e. The van der Waals surface area contributed by atoms with E-state index in [4.69, 9.17) is 5.11 Å². The Hall–Kier alpha value is -2.12. The van der Waals surface area contributed by atoms with Crippen LogP contribution >= 0.6 is 0 Å². The summed E-state index contributed by atoms with van der Waals surface area (Å²) in [6.07, 6.45) is -5.43. The summed E-state index contributed by atoms with van der Waals surface area (Å²) in [7, 11) is 0. The largest absolute Gasteiger partial charge is 0.481 e. The maximum Gasteiger partial charge on any atom is 0.406 e. The number of carbonyl (C=O) groups is 2. The molecule has 0 saturated carbocycles. The lowest BCUT2D eigenvalue weighted by Crippen LogP contribution is -2.48. The SMILES string of the molecule is CC(Cc1cccc(F)c1)C(=O)N1CCC(C(=O)O)(C(F)(F)F)C1. The first-order valence-corrected chi connectivity index (χ1v) is 7.40. The molecule has 1 fully saturated rings. The highest BCUT2D eigenvalue weighted by molar-refractivity contribution is 5.82. The van der Waals surface area contributed by atoms with Crippen LogP contribution in [0.2, 0.25) is 0 Å². The average Bonchev–Trinajstić information content (AvgIpc) is 2.92. The predicted octanol–water partition coefficient (Wildman–Crippen LogP) is 2.87. The van der Waals surface area contributed by atoms with Crippen LogP contribution in [0.15, 0.2) is 24.3 Å². The highest BCUT2D eigenvalue weighted by Gasteiger charge is 2.64. The van der Waals surface area contributed by atoms with E-state index in [9.17, 15) is 27.2 Å². The Kier molecular flexibility index (Phi) is 4.87. The molecule has 1 N–H and O–H groups in total. The molecule has 0 spiro atoms. The van der Waals surface area contributed by atoms with E-state index in [1.807, 2.05) is 0 Å². The van der Waals surface area contributed by atoms with Gasteiger partial charge in [-0.15, -0.1) is 0 Å². The number of carboxylic acids is 1. The molecule has 1 heterocycles. The second-order valence-corrected chi connectivity index (χ2v) is 6.13. The summed E-state index contributed by atoms with van der Waals surface area (Å²) >= 11 is 0. The molecule has 0 aromatic heterocycles. The lowest BCUT2D eigenvalue weighted by molar-refractivity contribution is -0.227. The van der Waals surface area contributed by atoms with Crippen LogP contribution in [0.5, 0.6) is 0 Å². The second kappa shape index (κ2) is 6.41. The van der Waals surface area contributed by atoms with Gasteiger partial charge in [0.15, 0.2) is 5.41 Å². The minimum atomic E-state index is -4.93. The van der Waals surface area contributed by atoms with Gasteiger partial charge in [0.25, 0.3) is 0 Å². The van der Waals surface area contributed by atoms with Gasteiger partial charge in [0, 0.05) is 19.0 Å². The lowest BCUT2D eigenvalue weighted by atomic mass is 9.86. The van der Waals surface area contributed by atoms with Gasteiger partial charge in [-0.05, 0) is 30.5 Å². The minimum absolute atomic E-state index is 0.166. The van der Waals surface area contributed by atoms with E-state index in [2.05, 4.69) is 0 Å². The fourth-order valence-corrected chi connectivity index (χ4v) is 2.94. The van der Waals surface area contributed by atoms with Gasteiger partial charge in [0.2, 0.25) is 5.91 Å². The molecule has 1 saturated heterocycles. The second-order valence-electron chi connectivity index (χ2n) is 6.13. The molecule has 1 aromatic rings. The molecule has 2 atom stereocenters. The zero-order chi connectivity index (χ0) is 18.1. The van der Waals surface area contributed by atoms with Crippen molar-refractivity contribution in [3.63, 3.8) is 0 Å². The van der Waals surface area contributed by atoms with Crippen molar-refractivity contribution in [1.82, 2.24) is 4.90 Å². The Balaban J connectivity index is 2.09. The lowest BCUT2D eigenvalue weighted by Gasteiger charge is -2.28. The van der Waals surface area contributed by atoms with Crippen LogP contribution in [0.25, 0.3) is 0 Å². The van der Waals surface area contributed by atoms with Crippen molar-refractivity contribution in [3.05, 3.63) is 35.6 Å². The van der Waals surface area contributed by atoms with Crippen LogP contribution in [0.3, 0.4) is 0 Å². The van der Waals surface area contributed by atoms with Crippen molar-refractivity contribution < 1.29 is 32.3 Å². The molecule has 1 aliphatic rings. The monoisotopic (exact) mass is 347 g/mol. The van der Waals surface area contributed by atoms with E-state index >= 15 is 0 Å². The fourth-order valence-electron chi connectivity index (χ4n) is 2.94. The topological polar surface area (TPSA) is 57.6 Å². The van der Waals surface area contributed by atoms with Gasteiger partial charge < -0.3 is 10.0 Å². The first kappa shape index (κ1) is 18.2. The molecular formula is C16H17F4NO3. The summed E-state index contributed by atoms with van der Waals surface area (Å²) in [6, 6.07) is 5.61. The van der Waals surface area contributed by atoms with E-state index < -0.39 is 48.2 Å². The van der Waals surface area contributed by atoms with Crippen molar-refractivity contribution >= 4 is 11.9 Å². The molecule has 4 nitrogen and oxygen atoms in total. The third-order valence-corrected chi connectivity index (χ3v) is 4.39. The highest BCUT2D eigenvalue weighted by atomic mass is 19.4. The van der Waals surface area contributed by atoms with Crippen molar-refractivity contribution in [3.8, 4) is 0 Å². The van der Waals surface area contributed by atoms with Crippen LogP contribution in [0.4, 0.5) is 17.6 Å². The molecule has 0 radical (unpaired) electrons. The Labute approximate surface area is 136 Å². The summed E-state index contributed by atoms with van der Waals surface area (Å²) in [5, 5.41) is 9.00. The Morgan fingerprint density at radius 2 is 2.04 bits per heavy atom. The number of hydrogen-bond acceptors (Lipinski definition) is 2. The van der Waals surface area contributed by atoms with E-state index in [0.717, 1.165) is 4.90 Å². The number of nitrogens with zero attached hydrogens (tertiary/aromatic N) is 1. The predicted molar refractivity (Wildman–Crippen MR) is 76.6 cm³/mol. The number of hydrogen-bond donors (Lipinski definition) is 1. The van der Waals surface area contributed by atoms with Crippen LogP contribution < -0.4 is 0 Å². The quantitative estimate of drug-likeness (QED) is 0.852. The van der Waals surface area contributed by atoms with Crippen LogP contribution in [0, 0.1) is 17.2 Å². The van der Waals surface area contributed by atoms with Gasteiger partial charge in [-0.3, -0.25) is 9.59 Å². The molecule has 1 aliphatic heterocycles. The number of amides is 1. The first-order valence-electron chi connectivity index (χ1n) is 7.40. The number of carboxylic acid groups (broad SMARTS) is 1. The molecule has 2 unspecified atom stereocenters. The van der Waals surface area contributed by atoms with Gasteiger partial charge in [-0.2, -0.15) is 13.2 Å². The standard InChI is InChI=1S/C16H17F4NO3/c1-10(7-11-3-2-4-12(17)8-11)13(22)21-6-5-15(9-21,14(23)24)16(18,19)20/h2-4,8,10H,5-7,9H2,1H3,(H,23,24). The number of alkyl halides is 3. The maximum absolute atomic E-state index is 13.2. The third kappa shape index (κ3) is 3.37. The average molecular weight is 347 g/mol. The van der Waals surface area contributed by atoms with Gasteiger partial charge >= 0.3 is 12.1 Å². The number of halogens is 4. The molecule has 1 amide bonds. The Morgan fingerprint density at radius 3 is 2.54 bits per heavy atom. The Morgan fingerprint density at radius 1 is 1.38 bits per heavy atom. The molecule has 132 valence electrons. The first-order chi connectivity index (χ1) is 11.1. The molecule has 24 heavy (non-hydrogen) atoms. The third-order valence-electron chi connectivity index (χ3n) is 4.39. The van der Waals surface area contributed by atoms with Crippen molar-refractivity contribution in [2.75, 3.05) is 13.1 Å². The van der Waals surface area contributed by atoms with Gasteiger partial charge in [0.05, 0.1) is 0 Å². The van der Waals surface area contributed by atoms with E-state index in [1.165, 1.54) is 25.1 Å². The number of likely N-dealkylation sites (tertiary alicyclic amines) is 1. The summed E-state index contributed by atoms with van der Waals surface area (Å²) in [5.41, 5.74) is -2.36. The van der Waals surface area contributed by atoms with E-state index in [0.29, 0.717) is 5.56 Å². The summed E-state index contributed by atoms with van der Waals surface area (Å²) in [5.74, 6) is -3.67. The molecule has 0 aliphatic carbocycles. The zero-order valence-electron chi connectivity index (χ0n) is 12.9. The number of aliphatic carboxylic acids is 1. The number of benzene rings is 1. The van der Waals surface area contributed by atoms with Gasteiger partial charge in [0.1, 0.15) is 5.82 Å². The maximum atomic E-state index is 13.2. The van der Waals surface area contributed by atoms with Crippen LogP contribution in [0.1, 0.15) is 18.9 Å². The molecule has 8 heteroatoms. The van der Waals surface area contributed by atoms with Gasteiger partial charge in [-0.25, -0.2) is 4.39 Å². The van der Waals surface area contributed by atoms with Crippen molar-refractivity contribution in [2.24, 2.45) is 11.3 Å². The minimum Gasteiger partial charge on any atom is -0.481 e. The summed E-state index contributed by atoms with van der Waals surface area (Å²) in [4.78, 5) is 24.4. The summed E-state index contributed by atoms with van der Waals surface area (Å²) in [6.45, 7) is 0.373. The Bertz CT molecular complexity index is 646. The van der Waals surface area contributed by atoms with Crippen LogP contribution in [-0.2, 0) is 16.0 Å².